The Morgan fingerprint density at radius 1 is 1.38 bits per heavy atom. The van der Waals surface area contributed by atoms with Gasteiger partial charge in [0.1, 0.15) is 4.21 Å². The van der Waals surface area contributed by atoms with Gasteiger partial charge >= 0.3 is 0 Å². The molecular weight excluding hydrogens is 472 g/mol. The zero-order valence-electron chi connectivity index (χ0n) is 17.5. The summed E-state index contributed by atoms with van der Waals surface area (Å²) in [6.07, 6.45) is 1.86. The molecule has 1 aromatic carbocycles. The van der Waals surface area contributed by atoms with Gasteiger partial charge in [-0.3, -0.25) is 4.79 Å². The number of aryl methyl sites for hydroxylation is 1. The molecule has 1 fully saturated rings. The summed E-state index contributed by atoms with van der Waals surface area (Å²) in [5.41, 5.74) is 1.42. The van der Waals surface area contributed by atoms with Crippen LogP contribution in [0, 0.1) is 5.92 Å². The van der Waals surface area contributed by atoms with E-state index in [1.54, 1.807) is 17.5 Å². The molecule has 3 heterocycles. The van der Waals surface area contributed by atoms with Crippen LogP contribution in [0.3, 0.4) is 0 Å². The highest BCUT2D eigenvalue weighted by Crippen LogP contribution is 2.31. The van der Waals surface area contributed by atoms with Crippen molar-refractivity contribution in [3.05, 3.63) is 52.2 Å². The number of thiophene rings is 1. The van der Waals surface area contributed by atoms with Gasteiger partial charge in [0, 0.05) is 42.0 Å². The lowest BCUT2D eigenvalue weighted by Gasteiger charge is -2.30. The molecule has 3 aromatic rings. The van der Waals surface area contributed by atoms with Gasteiger partial charge in [-0.1, -0.05) is 41.9 Å². The molecule has 1 aliphatic rings. The van der Waals surface area contributed by atoms with Crippen molar-refractivity contribution in [2.24, 2.45) is 5.92 Å². The highest BCUT2D eigenvalue weighted by molar-refractivity contribution is 7.91. The zero-order valence-corrected chi connectivity index (χ0v) is 19.8. The third-order valence-electron chi connectivity index (χ3n) is 5.36. The predicted octanol–water partition coefficient (Wildman–Crippen LogP) is 3.73. The SMILES string of the molecule is CCc1nc(-c2csc(S(=O)(=O)N3CCCC(C(=O)NCc4ccccc4Cl)C3)c2)no1. The van der Waals surface area contributed by atoms with E-state index >= 15 is 0 Å². The van der Waals surface area contributed by atoms with E-state index in [2.05, 4.69) is 15.5 Å². The molecule has 1 aliphatic heterocycles. The number of nitrogens with zero attached hydrogens (tertiary/aromatic N) is 3. The van der Waals surface area contributed by atoms with Crippen molar-refractivity contribution in [1.29, 1.82) is 0 Å². The highest BCUT2D eigenvalue weighted by Gasteiger charge is 2.34. The van der Waals surface area contributed by atoms with Crippen LogP contribution in [-0.2, 0) is 27.8 Å². The fourth-order valence-electron chi connectivity index (χ4n) is 3.56. The summed E-state index contributed by atoms with van der Waals surface area (Å²) in [7, 11) is -3.72. The summed E-state index contributed by atoms with van der Waals surface area (Å²) < 4.78 is 33.1. The Morgan fingerprint density at radius 3 is 2.94 bits per heavy atom. The van der Waals surface area contributed by atoms with Crippen LogP contribution in [0.25, 0.3) is 11.4 Å². The Balaban J connectivity index is 1.43. The smallest absolute Gasteiger partial charge is 0.252 e. The number of carbonyl (C=O) groups excluding carboxylic acids is 1. The van der Waals surface area contributed by atoms with Crippen LogP contribution < -0.4 is 5.32 Å². The monoisotopic (exact) mass is 494 g/mol. The molecule has 0 spiro atoms. The quantitative estimate of drug-likeness (QED) is 0.536. The van der Waals surface area contributed by atoms with Crippen LogP contribution >= 0.6 is 22.9 Å². The Labute approximate surface area is 195 Å². The second kappa shape index (κ2) is 9.70. The van der Waals surface area contributed by atoms with Gasteiger partial charge in [0.05, 0.1) is 5.92 Å². The van der Waals surface area contributed by atoms with Gasteiger partial charge in [0.2, 0.25) is 17.6 Å². The lowest BCUT2D eigenvalue weighted by Crippen LogP contribution is -2.45. The number of hydrogen-bond acceptors (Lipinski definition) is 7. The molecule has 32 heavy (non-hydrogen) atoms. The molecule has 170 valence electrons. The number of carbonyl (C=O) groups is 1. The van der Waals surface area contributed by atoms with E-state index in [1.165, 1.54) is 4.31 Å². The summed E-state index contributed by atoms with van der Waals surface area (Å²) >= 11 is 7.26. The van der Waals surface area contributed by atoms with Crippen LogP contribution in [0.15, 0.2) is 44.4 Å². The number of aromatic nitrogens is 2. The summed E-state index contributed by atoms with van der Waals surface area (Å²) in [5, 5.41) is 9.08. The van der Waals surface area contributed by atoms with Gasteiger partial charge < -0.3 is 9.84 Å². The van der Waals surface area contributed by atoms with Gasteiger partial charge in [-0.15, -0.1) is 11.3 Å². The zero-order chi connectivity index (χ0) is 22.7. The minimum Gasteiger partial charge on any atom is -0.352 e. The fourth-order valence-corrected chi connectivity index (χ4v) is 6.59. The Kier molecular flexibility index (Phi) is 6.94. The molecular formula is C21H23ClN4O4S2. The van der Waals surface area contributed by atoms with E-state index in [-0.39, 0.29) is 16.7 Å². The van der Waals surface area contributed by atoms with Gasteiger partial charge in [-0.2, -0.15) is 9.29 Å². The van der Waals surface area contributed by atoms with Crippen molar-refractivity contribution in [2.45, 2.75) is 36.9 Å². The average Bonchev–Trinajstić information content (AvgIpc) is 3.48. The Hall–Kier alpha value is -2.27. The summed E-state index contributed by atoms with van der Waals surface area (Å²) in [6.45, 7) is 2.73. The molecule has 1 N–H and O–H groups in total. The van der Waals surface area contributed by atoms with Crippen LogP contribution in [0.2, 0.25) is 5.02 Å². The van der Waals surface area contributed by atoms with E-state index in [0.717, 1.165) is 16.9 Å². The van der Waals surface area contributed by atoms with Crippen molar-refractivity contribution in [1.82, 2.24) is 19.8 Å². The van der Waals surface area contributed by atoms with Gasteiger partial charge in [-0.25, -0.2) is 8.42 Å². The van der Waals surface area contributed by atoms with Crippen LogP contribution in [0.1, 0.15) is 31.2 Å². The third-order valence-corrected chi connectivity index (χ3v) is 9.01. The lowest BCUT2D eigenvalue weighted by atomic mass is 9.99. The minimum absolute atomic E-state index is 0.145. The molecule has 0 bridgehead atoms. The second-order valence-corrected chi connectivity index (χ2v) is 11.0. The normalized spacial score (nSPS) is 17.4. The topological polar surface area (TPSA) is 105 Å². The molecule has 2 aromatic heterocycles. The predicted molar refractivity (Wildman–Crippen MR) is 122 cm³/mol. The van der Waals surface area contributed by atoms with Gasteiger partial charge in [-0.05, 0) is 30.5 Å². The molecule has 1 unspecified atom stereocenters. The third kappa shape index (κ3) is 4.88. The fraction of sp³-hybridized carbons (Fsp3) is 0.381. The van der Waals surface area contributed by atoms with E-state index in [9.17, 15) is 13.2 Å². The van der Waals surface area contributed by atoms with Crippen LogP contribution in [0.5, 0.6) is 0 Å². The molecule has 1 amide bonds. The number of halogens is 1. The first-order chi connectivity index (χ1) is 15.4. The molecule has 0 saturated carbocycles. The van der Waals surface area contributed by atoms with Gasteiger partial charge in [0.25, 0.3) is 10.0 Å². The first-order valence-electron chi connectivity index (χ1n) is 10.3. The van der Waals surface area contributed by atoms with Crippen LogP contribution in [-0.4, -0.2) is 41.9 Å². The Morgan fingerprint density at radius 2 is 2.19 bits per heavy atom. The molecule has 0 aliphatic carbocycles. The summed E-state index contributed by atoms with van der Waals surface area (Å²) in [4.78, 5) is 17.0. The summed E-state index contributed by atoms with van der Waals surface area (Å²) in [6, 6.07) is 8.86. The first-order valence-corrected chi connectivity index (χ1v) is 13.0. The maximum absolute atomic E-state index is 13.2. The first kappa shape index (κ1) is 22.9. The molecule has 0 radical (unpaired) electrons. The number of hydrogen-bond donors (Lipinski definition) is 1. The number of rotatable bonds is 7. The highest BCUT2D eigenvalue weighted by atomic mass is 35.5. The van der Waals surface area contributed by atoms with Crippen molar-refractivity contribution in [3.63, 3.8) is 0 Å². The molecule has 11 heteroatoms. The van der Waals surface area contributed by atoms with Crippen molar-refractivity contribution in [3.8, 4) is 11.4 Å². The van der Waals surface area contributed by atoms with Crippen LogP contribution in [0.4, 0.5) is 0 Å². The number of amides is 1. The average molecular weight is 495 g/mol. The van der Waals surface area contributed by atoms with E-state index in [0.29, 0.717) is 54.7 Å². The van der Waals surface area contributed by atoms with E-state index < -0.39 is 15.9 Å². The number of sulfonamides is 1. The lowest BCUT2D eigenvalue weighted by molar-refractivity contribution is -0.126. The van der Waals surface area contributed by atoms with E-state index in [1.807, 2.05) is 25.1 Å². The number of nitrogens with one attached hydrogen (secondary N) is 1. The molecule has 8 nitrogen and oxygen atoms in total. The molecule has 4 rings (SSSR count). The van der Waals surface area contributed by atoms with Crippen molar-refractivity contribution < 1.29 is 17.7 Å². The standard InChI is InChI=1S/C21H23ClN4O4S2/c1-2-18-24-20(25-30-18)16-10-19(31-13-16)32(28,29)26-9-5-7-15(12-26)21(27)23-11-14-6-3-4-8-17(14)22/h3-4,6,8,10,13,15H,2,5,7,9,11-12H2,1H3,(H,23,27). The largest absolute Gasteiger partial charge is 0.352 e. The molecule has 1 atom stereocenters. The van der Waals surface area contributed by atoms with Gasteiger partial charge in [0.15, 0.2) is 0 Å². The van der Waals surface area contributed by atoms with E-state index in [4.69, 9.17) is 16.1 Å². The molecule has 1 saturated heterocycles. The maximum atomic E-state index is 13.2. The Bertz CT molecular complexity index is 1210. The number of piperidine rings is 1. The maximum Gasteiger partial charge on any atom is 0.252 e. The van der Waals surface area contributed by atoms with Crippen molar-refractivity contribution >= 4 is 38.9 Å². The summed E-state index contributed by atoms with van der Waals surface area (Å²) in [5.74, 6) is 0.285. The number of benzene rings is 1. The second-order valence-electron chi connectivity index (χ2n) is 7.53. The minimum atomic E-state index is -3.72. The van der Waals surface area contributed by atoms with Crippen molar-refractivity contribution in [2.75, 3.05) is 13.1 Å².